The van der Waals surface area contributed by atoms with Gasteiger partial charge in [-0.15, -0.1) is 0 Å². The molecule has 0 radical (unpaired) electrons. The fourth-order valence-corrected chi connectivity index (χ4v) is 1.60. The van der Waals surface area contributed by atoms with Crippen LogP contribution < -0.4 is 4.74 Å². The Kier molecular flexibility index (Phi) is 4.41. The SMILES string of the molecule is COc1ccc(C(C)/C=C/N(C)C)cc1C. The molecule has 0 heterocycles. The first kappa shape index (κ1) is 12.6. The number of benzene rings is 1. The summed E-state index contributed by atoms with van der Waals surface area (Å²) >= 11 is 0. The molecule has 1 unspecified atom stereocenters. The average Bonchev–Trinajstić information content (AvgIpc) is 2.25. The van der Waals surface area contributed by atoms with Gasteiger partial charge in [-0.3, -0.25) is 0 Å². The van der Waals surface area contributed by atoms with E-state index in [1.807, 2.05) is 25.1 Å². The lowest BCUT2D eigenvalue weighted by Crippen LogP contribution is -2.01. The number of rotatable bonds is 4. The standard InChI is InChI=1S/C14H21NO/c1-11(8-9-15(3)4)13-6-7-14(16-5)12(2)10-13/h6-11H,1-5H3/b9-8+. The van der Waals surface area contributed by atoms with Crippen molar-refractivity contribution in [3.05, 3.63) is 41.6 Å². The highest BCUT2D eigenvalue weighted by molar-refractivity contribution is 5.38. The maximum atomic E-state index is 5.25. The van der Waals surface area contributed by atoms with Crippen molar-refractivity contribution < 1.29 is 4.74 Å². The Hall–Kier alpha value is -1.44. The number of nitrogens with zero attached hydrogens (tertiary/aromatic N) is 1. The minimum atomic E-state index is 0.423. The highest BCUT2D eigenvalue weighted by atomic mass is 16.5. The molecular formula is C14H21NO. The molecule has 1 aromatic rings. The maximum absolute atomic E-state index is 5.25. The molecule has 0 saturated carbocycles. The van der Waals surface area contributed by atoms with E-state index in [4.69, 9.17) is 4.74 Å². The Bertz CT molecular complexity index is 369. The van der Waals surface area contributed by atoms with Gasteiger partial charge in [0, 0.05) is 20.0 Å². The van der Waals surface area contributed by atoms with Crippen LogP contribution >= 0.6 is 0 Å². The monoisotopic (exact) mass is 219 g/mol. The van der Waals surface area contributed by atoms with Crippen molar-refractivity contribution in [2.24, 2.45) is 0 Å². The van der Waals surface area contributed by atoms with Gasteiger partial charge in [-0.05, 0) is 30.3 Å². The van der Waals surface area contributed by atoms with Crippen molar-refractivity contribution in [1.29, 1.82) is 0 Å². The van der Waals surface area contributed by atoms with Gasteiger partial charge in [-0.1, -0.05) is 25.1 Å². The van der Waals surface area contributed by atoms with Crippen LogP contribution in [0.5, 0.6) is 5.75 Å². The third kappa shape index (κ3) is 3.30. The topological polar surface area (TPSA) is 12.5 Å². The van der Waals surface area contributed by atoms with Crippen LogP contribution in [0.4, 0.5) is 0 Å². The molecule has 0 fully saturated rings. The summed E-state index contributed by atoms with van der Waals surface area (Å²) in [5.41, 5.74) is 2.50. The highest BCUT2D eigenvalue weighted by Crippen LogP contribution is 2.24. The average molecular weight is 219 g/mol. The predicted molar refractivity (Wildman–Crippen MR) is 69.0 cm³/mol. The molecule has 0 bridgehead atoms. The number of ether oxygens (including phenoxy) is 1. The number of hydrogen-bond donors (Lipinski definition) is 0. The molecule has 2 heteroatoms. The van der Waals surface area contributed by atoms with E-state index < -0.39 is 0 Å². The van der Waals surface area contributed by atoms with Crippen LogP contribution in [-0.4, -0.2) is 26.1 Å². The number of methoxy groups -OCH3 is 1. The lowest BCUT2D eigenvalue weighted by atomic mass is 9.99. The number of hydrogen-bond acceptors (Lipinski definition) is 2. The van der Waals surface area contributed by atoms with Crippen LogP contribution in [0.15, 0.2) is 30.5 Å². The van der Waals surface area contributed by atoms with Gasteiger partial charge in [-0.2, -0.15) is 0 Å². The van der Waals surface area contributed by atoms with Gasteiger partial charge >= 0.3 is 0 Å². The van der Waals surface area contributed by atoms with E-state index in [0.29, 0.717) is 5.92 Å². The molecule has 0 saturated heterocycles. The van der Waals surface area contributed by atoms with Crippen molar-refractivity contribution in [3.63, 3.8) is 0 Å². The molecule has 88 valence electrons. The highest BCUT2D eigenvalue weighted by Gasteiger charge is 2.04. The normalized spacial score (nSPS) is 12.8. The summed E-state index contributed by atoms with van der Waals surface area (Å²) < 4.78 is 5.25. The number of allylic oxidation sites excluding steroid dienone is 1. The summed E-state index contributed by atoms with van der Waals surface area (Å²) in [7, 11) is 5.77. The largest absolute Gasteiger partial charge is 0.496 e. The first-order valence-electron chi connectivity index (χ1n) is 5.54. The molecule has 0 aliphatic rings. The minimum absolute atomic E-state index is 0.423. The van der Waals surface area contributed by atoms with Gasteiger partial charge in [-0.25, -0.2) is 0 Å². The molecule has 0 N–H and O–H groups in total. The lowest BCUT2D eigenvalue weighted by molar-refractivity contribution is 0.411. The first-order chi connectivity index (χ1) is 7.54. The smallest absolute Gasteiger partial charge is 0.121 e. The summed E-state index contributed by atoms with van der Waals surface area (Å²) in [5, 5.41) is 0. The van der Waals surface area contributed by atoms with Crippen LogP contribution in [0.2, 0.25) is 0 Å². The van der Waals surface area contributed by atoms with Gasteiger partial charge in [0.15, 0.2) is 0 Å². The molecule has 1 aromatic carbocycles. The molecule has 1 rings (SSSR count). The van der Waals surface area contributed by atoms with E-state index in [1.54, 1.807) is 7.11 Å². The zero-order valence-corrected chi connectivity index (χ0v) is 10.8. The summed E-state index contributed by atoms with van der Waals surface area (Å²) in [4.78, 5) is 2.05. The fraction of sp³-hybridized carbons (Fsp3) is 0.429. The maximum Gasteiger partial charge on any atom is 0.121 e. The molecule has 0 amide bonds. The van der Waals surface area contributed by atoms with Crippen LogP contribution in [0, 0.1) is 6.92 Å². The molecule has 1 atom stereocenters. The lowest BCUT2D eigenvalue weighted by Gasteiger charge is -2.12. The quantitative estimate of drug-likeness (QED) is 0.771. The van der Waals surface area contributed by atoms with Crippen LogP contribution in [-0.2, 0) is 0 Å². The van der Waals surface area contributed by atoms with E-state index in [-0.39, 0.29) is 0 Å². The molecule has 0 aliphatic heterocycles. The van der Waals surface area contributed by atoms with Crippen LogP contribution in [0.1, 0.15) is 24.0 Å². The molecule has 0 aromatic heterocycles. The van der Waals surface area contributed by atoms with Crippen molar-refractivity contribution >= 4 is 0 Å². The Labute approximate surface area is 98.5 Å². The van der Waals surface area contributed by atoms with Crippen molar-refractivity contribution in [1.82, 2.24) is 4.90 Å². The van der Waals surface area contributed by atoms with Crippen LogP contribution in [0.3, 0.4) is 0 Å². The van der Waals surface area contributed by atoms with Crippen LogP contribution in [0.25, 0.3) is 0 Å². The molecule has 0 aliphatic carbocycles. The van der Waals surface area contributed by atoms with E-state index in [2.05, 4.69) is 38.3 Å². The third-order valence-electron chi connectivity index (χ3n) is 2.62. The number of aryl methyl sites for hydroxylation is 1. The molecule has 16 heavy (non-hydrogen) atoms. The summed E-state index contributed by atoms with van der Waals surface area (Å²) in [6.07, 6.45) is 4.28. The Morgan fingerprint density at radius 1 is 1.31 bits per heavy atom. The van der Waals surface area contributed by atoms with Crippen molar-refractivity contribution in [3.8, 4) is 5.75 Å². The van der Waals surface area contributed by atoms with Gasteiger partial charge in [0.05, 0.1) is 7.11 Å². The summed E-state index contributed by atoms with van der Waals surface area (Å²) in [6, 6.07) is 6.34. The first-order valence-corrected chi connectivity index (χ1v) is 5.54. The summed E-state index contributed by atoms with van der Waals surface area (Å²) in [6.45, 7) is 4.27. The third-order valence-corrected chi connectivity index (χ3v) is 2.62. The second-order valence-corrected chi connectivity index (χ2v) is 4.32. The van der Waals surface area contributed by atoms with E-state index in [0.717, 1.165) is 5.75 Å². The zero-order valence-electron chi connectivity index (χ0n) is 10.8. The second kappa shape index (κ2) is 5.59. The van der Waals surface area contributed by atoms with Gasteiger partial charge in [0.25, 0.3) is 0 Å². The van der Waals surface area contributed by atoms with Gasteiger partial charge in [0.1, 0.15) is 5.75 Å². The van der Waals surface area contributed by atoms with Gasteiger partial charge in [0.2, 0.25) is 0 Å². The molecular weight excluding hydrogens is 198 g/mol. The molecule has 2 nitrogen and oxygen atoms in total. The van der Waals surface area contributed by atoms with Crippen molar-refractivity contribution in [2.45, 2.75) is 19.8 Å². The minimum Gasteiger partial charge on any atom is -0.496 e. The predicted octanol–water partition coefficient (Wildman–Crippen LogP) is 3.18. The summed E-state index contributed by atoms with van der Waals surface area (Å²) in [5.74, 6) is 1.37. The van der Waals surface area contributed by atoms with E-state index in [1.165, 1.54) is 11.1 Å². The van der Waals surface area contributed by atoms with E-state index >= 15 is 0 Å². The Morgan fingerprint density at radius 2 is 2.00 bits per heavy atom. The zero-order chi connectivity index (χ0) is 12.1. The molecule has 0 spiro atoms. The van der Waals surface area contributed by atoms with Gasteiger partial charge < -0.3 is 9.64 Å². The fourth-order valence-electron chi connectivity index (χ4n) is 1.60. The second-order valence-electron chi connectivity index (χ2n) is 4.32. The Balaban J connectivity index is 2.84. The van der Waals surface area contributed by atoms with Crippen molar-refractivity contribution in [2.75, 3.05) is 21.2 Å². The Morgan fingerprint density at radius 3 is 2.50 bits per heavy atom. The van der Waals surface area contributed by atoms with E-state index in [9.17, 15) is 0 Å².